The fourth-order valence-corrected chi connectivity index (χ4v) is 7.78. The van der Waals surface area contributed by atoms with Gasteiger partial charge in [0.1, 0.15) is 0 Å². The first-order valence-corrected chi connectivity index (χ1v) is 15.2. The Morgan fingerprint density at radius 3 is 2.03 bits per heavy atom. The van der Waals surface area contributed by atoms with E-state index in [9.17, 15) is 48.3 Å². The maximum Gasteiger partial charge on any atom is 0.430 e. The van der Waals surface area contributed by atoms with Gasteiger partial charge in [-0.05, 0) is 84.2 Å². The lowest BCUT2D eigenvalue weighted by molar-refractivity contribution is -0.376. The highest BCUT2D eigenvalue weighted by Crippen LogP contribution is 2.51. The molecule has 1 fully saturated rings. The highest BCUT2D eigenvalue weighted by atomic mass is 127. The van der Waals surface area contributed by atoms with E-state index < -0.39 is 54.9 Å². The molecule has 2 aliphatic rings. The van der Waals surface area contributed by atoms with E-state index in [1.54, 1.807) is 0 Å². The fraction of sp³-hybridized carbons (Fsp3) is 0.455. The number of hydrogen-bond donors (Lipinski definition) is 2. The molecule has 2 N–H and O–H groups in total. The molecule has 1 aliphatic heterocycles. The van der Waals surface area contributed by atoms with Gasteiger partial charge in [-0.2, -0.15) is 26.3 Å². The lowest BCUT2D eigenvalue weighted by Gasteiger charge is -2.39. The lowest BCUT2D eigenvalue weighted by atomic mass is 9.88. The predicted molar refractivity (Wildman–Crippen MR) is 133 cm³/mol. The quantitative estimate of drug-likeness (QED) is 0.334. The lowest BCUT2D eigenvalue weighted by Crippen LogP contribution is -2.54. The zero-order chi connectivity index (χ0) is 28.3. The van der Waals surface area contributed by atoms with Crippen LogP contribution in [-0.4, -0.2) is 52.1 Å². The second-order valence-corrected chi connectivity index (χ2v) is 14.2. The maximum absolute atomic E-state index is 13.7. The summed E-state index contributed by atoms with van der Waals surface area (Å²) in [6, 6.07) is 6.21. The Hall–Kier alpha value is -1.63. The van der Waals surface area contributed by atoms with Crippen LogP contribution in [0.2, 0.25) is 0 Å². The molecule has 38 heavy (non-hydrogen) atoms. The number of nitrogens with zero attached hydrogens (tertiary/aromatic N) is 1. The number of sulfonamides is 2. The van der Waals surface area contributed by atoms with Gasteiger partial charge in [0, 0.05) is 15.7 Å². The summed E-state index contributed by atoms with van der Waals surface area (Å²) in [6.07, 6.45) is -11.6. The standard InChI is InChI=1S/C22H21F6IN2O5S2/c23-21(24,25)20(32,22(26,27)28)14-2-10-19-13(11-14)1-5-16(12-30-37(33,34)17-8-9-17)31(19)38(35,36)18-6-3-15(29)4-7-18/h2-4,6-7,10-11,16-17,30,32H,1,5,8-9,12H2/t16-/m0/s1. The number of hydrogen-bond acceptors (Lipinski definition) is 5. The Balaban J connectivity index is 1.81. The molecule has 1 atom stereocenters. The van der Waals surface area contributed by atoms with Crippen LogP contribution in [0.25, 0.3) is 0 Å². The molecule has 1 saturated carbocycles. The van der Waals surface area contributed by atoms with E-state index in [4.69, 9.17) is 0 Å². The highest BCUT2D eigenvalue weighted by Gasteiger charge is 2.71. The van der Waals surface area contributed by atoms with Crippen LogP contribution in [-0.2, 0) is 32.1 Å². The van der Waals surface area contributed by atoms with Crippen LogP contribution in [0.1, 0.15) is 30.4 Å². The number of nitrogens with one attached hydrogen (secondary N) is 1. The van der Waals surface area contributed by atoms with E-state index in [1.165, 1.54) is 24.3 Å². The van der Waals surface area contributed by atoms with Crippen LogP contribution in [0, 0.1) is 3.57 Å². The number of aryl methyl sites for hydroxylation is 1. The predicted octanol–water partition coefficient (Wildman–Crippen LogP) is 4.20. The summed E-state index contributed by atoms with van der Waals surface area (Å²) in [4.78, 5) is -0.202. The van der Waals surface area contributed by atoms with Gasteiger partial charge in [0.05, 0.1) is 21.9 Å². The van der Waals surface area contributed by atoms with Crippen molar-refractivity contribution in [3.8, 4) is 0 Å². The van der Waals surface area contributed by atoms with E-state index in [0.717, 1.165) is 10.4 Å². The minimum absolute atomic E-state index is 0.107. The molecule has 210 valence electrons. The number of benzene rings is 2. The first-order chi connectivity index (χ1) is 17.4. The van der Waals surface area contributed by atoms with E-state index in [0.29, 0.717) is 28.5 Å². The van der Waals surface area contributed by atoms with Gasteiger partial charge in [0.2, 0.25) is 10.0 Å². The molecular weight excluding hydrogens is 677 g/mol. The van der Waals surface area contributed by atoms with E-state index in [1.807, 2.05) is 22.6 Å². The molecule has 0 unspecified atom stereocenters. The smallest absolute Gasteiger partial charge is 0.369 e. The van der Waals surface area contributed by atoms with Crippen molar-refractivity contribution in [2.75, 3.05) is 10.8 Å². The second kappa shape index (κ2) is 9.78. The molecule has 0 spiro atoms. The van der Waals surface area contributed by atoms with E-state index in [-0.39, 0.29) is 35.5 Å². The van der Waals surface area contributed by atoms with Crippen molar-refractivity contribution in [1.29, 1.82) is 0 Å². The van der Waals surface area contributed by atoms with Crippen molar-refractivity contribution in [1.82, 2.24) is 4.72 Å². The Bertz CT molecular complexity index is 1410. The third-order valence-corrected chi connectivity index (χ3v) is 11.0. The zero-order valence-corrected chi connectivity index (χ0v) is 23.0. The first-order valence-electron chi connectivity index (χ1n) is 11.2. The number of fused-ring (bicyclic) bond motifs is 1. The average molecular weight is 698 g/mol. The Labute approximate surface area is 228 Å². The van der Waals surface area contributed by atoms with Crippen LogP contribution in [0.4, 0.5) is 32.0 Å². The zero-order valence-electron chi connectivity index (χ0n) is 19.2. The summed E-state index contributed by atoms with van der Waals surface area (Å²) < 4.78 is 137. The highest BCUT2D eigenvalue weighted by molar-refractivity contribution is 14.1. The van der Waals surface area contributed by atoms with Crippen molar-refractivity contribution in [3.63, 3.8) is 0 Å². The molecule has 1 heterocycles. The third-order valence-electron chi connectivity index (χ3n) is 6.49. The van der Waals surface area contributed by atoms with Gasteiger partial charge < -0.3 is 5.11 Å². The summed E-state index contributed by atoms with van der Waals surface area (Å²) in [7, 11) is -8.15. The maximum atomic E-state index is 13.7. The van der Waals surface area contributed by atoms with Crippen LogP contribution >= 0.6 is 22.6 Å². The molecule has 4 rings (SSSR count). The van der Waals surface area contributed by atoms with Crippen molar-refractivity contribution in [2.45, 2.75) is 59.8 Å². The Kier molecular flexibility index (Phi) is 7.55. The van der Waals surface area contributed by atoms with Crippen molar-refractivity contribution in [3.05, 3.63) is 57.2 Å². The molecule has 16 heteroatoms. The van der Waals surface area contributed by atoms with Gasteiger partial charge in [-0.25, -0.2) is 21.6 Å². The van der Waals surface area contributed by atoms with Gasteiger partial charge >= 0.3 is 12.4 Å². The summed E-state index contributed by atoms with van der Waals surface area (Å²) >= 11 is 1.95. The molecule has 0 aromatic heterocycles. The van der Waals surface area contributed by atoms with Crippen LogP contribution in [0.5, 0.6) is 0 Å². The van der Waals surface area contributed by atoms with E-state index in [2.05, 4.69) is 4.72 Å². The van der Waals surface area contributed by atoms with Crippen LogP contribution in [0.3, 0.4) is 0 Å². The monoisotopic (exact) mass is 698 g/mol. The average Bonchev–Trinajstić information content (AvgIpc) is 3.66. The molecule has 0 radical (unpaired) electrons. The Morgan fingerprint density at radius 2 is 1.50 bits per heavy atom. The number of alkyl halides is 6. The largest absolute Gasteiger partial charge is 0.430 e. The minimum atomic E-state index is -6.11. The summed E-state index contributed by atoms with van der Waals surface area (Å²) in [5.41, 5.74) is -7.06. The molecule has 2 aromatic rings. The number of aliphatic hydroxyl groups is 1. The van der Waals surface area contributed by atoms with Crippen LogP contribution < -0.4 is 9.03 Å². The normalized spacial score (nSPS) is 19.4. The Morgan fingerprint density at radius 1 is 0.921 bits per heavy atom. The molecule has 1 aliphatic carbocycles. The van der Waals surface area contributed by atoms with Gasteiger partial charge in [0.15, 0.2) is 0 Å². The molecule has 0 amide bonds. The minimum Gasteiger partial charge on any atom is -0.369 e. The SMILES string of the molecule is O=S(=O)(NC[C@@H]1CCc2cc(C(O)(C(F)(F)F)C(F)(F)F)ccc2N1S(=O)(=O)c1ccc(I)cc1)C1CC1. The summed E-state index contributed by atoms with van der Waals surface area (Å²) in [5.74, 6) is 0. The molecule has 7 nitrogen and oxygen atoms in total. The van der Waals surface area contributed by atoms with Gasteiger partial charge in [-0.15, -0.1) is 0 Å². The molecule has 2 aromatic carbocycles. The van der Waals surface area contributed by atoms with Crippen molar-refractivity contribution >= 4 is 48.3 Å². The van der Waals surface area contributed by atoms with Gasteiger partial charge in [-0.1, -0.05) is 12.1 Å². The molecule has 0 bridgehead atoms. The first kappa shape index (κ1) is 29.4. The van der Waals surface area contributed by atoms with Gasteiger partial charge in [-0.3, -0.25) is 4.31 Å². The number of anilines is 1. The van der Waals surface area contributed by atoms with Crippen LogP contribution in [0.15, 0.2) is 47.4 Å². The number of rotatable bonds is 7. The summed E-state index contributed by atoms with van der Waals surface area (Å²) in [6.45, 7) is -0.349. The molecular formula is C22H21F6IN2O5S2. The van der Waals surface area contributed by atoms with Crippen molar-refractivity contribution in [2.24, 2.45) is 0 Å². The van der Waals surface area contributed by atoms with Crippen molar-refractivity contribution < 1.29 is 48.3 Å². The second-order valence-electron chi connectivity index (χ2n) is 9.09. The van der Waals surface area contributed by atoms with E-state index >= 15 is 0 Å². The summed E-state index contributed by atoms with van der Waals surface area (Å²) in [5, 5.41) is 9.22. The third kappa shape index (κ3) is 5.25. The molecule has 0 saturated heterocycles. The number of halogens is 7. The topological polar surface area (TPSA) is 104 Å². The van der Waals surface area contributed by atoms with Gasteiger partial charge in [0.25, 0.3) is 15.6 Å². The fourth-order valence-electron chi connectivity index (χ4n) is 4.29.